The van der Waals surface area contributed by atoms with Gasteiger partial charge in [-0.2, -0.15) is 0 Å². The number of hydrogen-bond acceptors (Lipinski definition) is 5. The Morgan fingerprint density at radius 3 is 2.58 bits per heavy atom. The van der Waals surface area contributed by atoms with Crippen molar-refractivity contribution in [2.24, 2.45) is 10.9 Å². The van der Waals surface area contributed by atoms with E-state index in [4.69, 9.17) is 14.2 Å². The topological polar surface area (TPSA) is 75.6 Å². The summed E-state index contributed by atoms with van der Waals surface area (Å²) in [4.78, 5) is 6.70. The summed E-state index contributed by atoms with van der Waals surface area (Å²) in [5.74, 6) is 2.60. The van der Waals surface area contributed by atoms with E-state index in [1.165, 1.54) is 0 Å². The molecule has 2 N–H and O–H groups in total. The fourth-order valence-electron chi connectivity index (χ4n) is 2.97. The molecule has 1 aromatic carbocycles. The summed E-state index contributed by atoms with van der Waals surface area (Å²) < 4.78 is 16.0. The summed E-state index contributed by atoms with van der Waals surface area (Å²) in [7, 11) is 5.20. The van der Waals surface area contributed by atoms with Gasteiger partial charge in [-0.3, -0.25) is 4.99 Å². The third-order valence-corrected chi connectivity index (χ3v) is 4.43. The van der Waals surface area contributed by atoms with Gasteiger partial charge in [0.2, 0.25) is 0 Å². The summed E-state index contributed by atoms with van der Waals surface area (Å²) in [5, 5.41) is 13.8. The minimum atomic E-state index is -0.740. The highest BCUT2D eigenvalue weighted by atomic mass is 16.5. The standard InChI is InChI=1S/C19H31N3O4/c1-5-20-19(22(2)12-14-6-7-26-13-14)21-11-18(23)15-8-16(24-3)10-17(9-15)25-4/h8-10,14,18,23H,5-7,11-13H2,1-4H3,(H,20,21). The van der Waals surface area contributed by atoms with E-state index in [1.807, 2.05) is 14.0 Å². The Bertz CT molecular complexity index is 566. The SMILES string of the molecule is CCNC(=NCC(O)c1cc(OC)cc(OC)c1)N(C)CC1CCOC1. The van der Waals surface area contributed by atoms with Crippen molar-refractivity contribution >= 4 is 5.96 Å². The first-order valence-electron chi connectivity index (χ1n) is 9.05. The molecule has 0 spiro atoms. The van der Waals surface area contributed by atoms with Crippen LogP contribution in [0.1, 0.15) is 25.0 Å². The lowest BCUT2D eigenvalue weighted by Crippen LogP contribution is -2.41. The monoisotopic (exact) mass is 365 g/mol. The van der Waals surface area contributed by atoms with Crippen LogP contribution in [0.5, 0.6) is 11.5 Å². The lowest BCUT2D eigenvalue weighted by molar-refractivity contribution is 0.180. The molecular weight excluding hydrogens is 334 g/mol. The smallest absolute Gasteiger partial charge is 0.193 e. The van der Waals surface area contributed by atoms with Crippen LogP contribution < -0.4 is 14.8 Å². The molecule has 1 heterocycles. The molecule has 146 valence electrons. The van der Waals surface area contributed by atoms with Crippen LogP contribution in [0.25, 0.3) is 0 Å². The number of guanidine groups is 1. The molecule has 0 aliphatic carbocycles. The van der Waals surface area contributed by atoms with Crippen molar-refractivity contribution < 1.29 is 19.3 Å². The highest BCUT2D eigenvalue weighted by molar-refractivity contribution is 5.79. The van der Waals surface area contributed by atoms with Crippen LogP contribution in [0.2, 0.25) is 0 Å². The minimum absolute atomic E-state index is 0.254. The van der Waals surface area contributed by atoms with Crippen molar-refractivity contribution in [1.29, 1.82) is 0 Å². The number of aliphatic imine (C=N–C) groups is 1. The van der Waals surface area contributed by atoms with E-state index >= 15 is 0 Å². The van der Waals surface area contributed by atoms with Crippen molar-refractivity contribution in [2.75, 3.05) is 54.1 Å². The molecule has 0 radical (unpaired) electrons. The Labute approximate surface area is 156 Å². The zero-order chi connectivity index (χ0) is 18.9. The molecule has 0 bridgehead atoms. The van der Waals surface area contributed by atoms with Crippen LogP contribution >= 0.6 is 0 Å². The molecule has 1 aromatic rings. The predicted octanol–water partition coefficient (Wildman–Crippen LogP) is 1.67. The fraction of sp³-hybridized carbons (Fsp3) is 0.632. The molecule has 26 heavy (non-hydrogen) atoms. The number of benzene rings is 1. The van der Waals surface area contributed by atoms with Crippen molar-refractivity contribution in [3.8, 4) is 11.5 Å². The highest BCUT2D eigenvalue weighted by Gasteiger charge is 2.19. The summed E-state index contributed by atoms with van der Waals surface area (Å²) in [6.45, 7) is 5.58. The maximum absolute atomic E-state index is 10.6. The van der Waals surface area contributed by atoms with Gasteiger partial charge >= 0.3 is 0 Å². The van der Waals surface area contributed by atoms with E-state index in [-0.39, 0.29) is 6.54 Å². The normalized spacial score (nSPS) is 18.5. The molecule has 1 saturated heterocycles. The average Bonchev–Trinajstić information content (AvgIpc) is 3.17. The molecule has 1 aliphatic rings. The van der Waals surface area contributed by atoms with Gasteiger partial charge < -0.3 is 29.5 Å². The van der Waals surface area contributed by atoms with E-state index < -0.39 is 6.10 Å². The van der Waals surface area contributed by atoms with Crippen LogP contribution in [-0.2, 0) is 4.74 Å². The quantitative estimate of drug-likeness (QED) is 0.539. The number of rotatable bonds is 8. The molecule has 2 atom stereocenters. The number of ether oxygens (including phenoxy) is 3. The largest absolute Gasteiger partial charge is 0.497 e. The maximum atomic E-state index is 10.6. The Morgan fingerprint density at radius 1 is 1.35 bits per heavy atom. The van der Waals surface area contributed by atoms with Gasteiger partial charge in [-0.05, 0) is 31.0 Å². The molecule has 0 aromatic heterocycles. The van der Waals surface area contributed by atoms with Crippen molar-refractivity contribution in [3.63, 3.8) is 0 Å². The van der Waals surface area contributed by atoms with Gasteiger partial charge in [0.05, 0.1) is 33.5 Å². The molecule has 7 nitrogen and oxygen atoms in total. The van der Waals surface area contributed by atoms with E-state index in [2.05, 4.69) is 15.2 Å². The second-order valence-electron chi connectivity index (χ2n) is 6.47. The zero-order valence-electron chi connectivity index (χ0n) is 16.2. The molecule has 1 aliphatic heterocycles. The van der Waals surface area contributed by atoms with Gasteiger partial charge in [0.1, 0.15) is 11.5 Å². The van der Waals surface area contributed by atoms with Crippen LogP contribution in [0.3, 0.4) is 0 Å². The molecule has 7 heteroatoms. The van der Waals surface area contributed by atoms with Crippen molar-refractivity contribution in [2.45, 2.75) is 19.4 Å². The van der Waals surface area contributed by atoms with Gasteiger partial charge in [0, 0.05) is 38.7 Å². The van der Waals surface area contributed by atoms with Gasteiger partial charge in [0.25, 0.3) is 0 Å². The van der Waals surface area contributed by atoms with E-state index in [0.29, 0.717) is 23.0 Å². The molecular formula is C19H31N3O4. The van der Waals surface area contributed by atoms with Gasteiger partial charge in [-0.1, -0.05) is 0 Å². The first-order valence-corrected chi connectivity index (χ1v) is 9.05. The molecule has 0 amide bonds. The van der Waals surface area contributed by atoms with Crippen molar-refractivity contribution in [1.82, 2.24) is 10.2 Å². The first-order chi connectivity index (χ1) is 12.6. The van der Waals surface area contributed by atoms with E-state index in [1.54, 1.807) is 32.4 Å². The second kappa shape index (κ2) is 10.2. The second-order valence-corrected chi connectivity index (χ2v) is 6.47. The number of hydrogen-bond donors (Lipinski definition) is 2. The molecule has 2 unspecified atom stereocenters. The third kappa shape index (κ3) is 5.78. The summed E-state index contributed by atoms with van der Waals surface area (Å²) in [6, 6.07) is 5.38. The number of aliphatic hydroxyl groups is 1. The summed E-state index contributed by atoms with van der Waals surface area (Å²) in [6.07, 6.45) is 0.339. The summed E-state index contributed by atoms with van der Waals surface area (Å²) in [5.41, 5.74) is 0.715. The predicted molar refractivity (Wildman–Crippen MR) is 102 cm³/mol. The number of aliphatic hydroxyl groups excluding tert-OH is 1. The van der Waals surface area contributed by atoms with Gasteiger partial charge in [-0.15, -0.1) is 0 Å². The van der Waals surface area contributed by atoms with Crippen LogP contribution in [0, 0.1) is 5.92 Å². The Morgan fingerprint density at radius 2 is 2.04 bits per heavy atom. The first kappa shape index (κ1) is 20.3. The molecule has 1 fully saturated rings. The zero-order valence-corrected chi connectivity index (χ0v) is 16.2. The highest BCUT2D eigenvalue weighted by Crippen LogP contribution is 2.26. The number of nitrogens with one attached hydrogen (secondary N) is 1. The van der Waals surface area contributed by atoms with Crippen molar-refractivity contribution in [3.05, 3.63) is 23.8 Å². The molecule has 0 saturated carbocycles. The Hall–Kier alpha value is -1.99. The van der Waals surface area contributed by atoms with Crippen LogP contribution in [-0.4, -0.2) is 70.1 Å². The van der Waals surface area contributed by atoms with Gasteiger partial charge in [0.15, 0.2) is 5.96 Å². The Balaban J connectivity index is 2.05. The lowest BCUT2D eigenvalue weighted by atomic mass is 10.1. The maximum Gasteiger partial charge on any atom is 0.193 e. The fourth-order valence-corrected chi connectivity index (χ4v) is 2.97. The average molecular weight is 365 g/mol. The third-order valence-electron chi connectivity index (χ3n) is 4.43. The van der Waals surface area contributed by atoms with Crippen LogP contribution in [0.4, 0.5) is 0 Å². The number of nitrogens with zero attached hydrogens (tertiary/aromatic N) is 2. The lowest BCUT2D eigenvalue weighted by Gasteiger charge is -2.25. The number of methoxy groups -OCH3 is 2. The van der Waals surface area contributed by atoms with Gasteiger partial charge in [-0.25, -0.2) is 0 Å². The Kier molecular flexibility index (Phi) is 8.00. The van der Waals surface area contributed by atoms with E-state index in [0.717, 1.165) is 38.7 Å². The minimum Gasteiger partial charge on any atom is -0.497 e. The summed E-state index contributed by atoms with van der Waals surface area (Å²) >= 11 is 0. The molecule has 2 rings (SSSR count). The van der Waals surface area contributed by atoms with E-state index in [9.17, 15) is 5.11 Å². The van der Waals surface area contributed by atoms with Crippen LogP contribution in [0.15, 0.2) is 23.2 Å².